The van der Waals surface area contributed by atoms with Crippen LogP contribution in [0.4, 0.5) is 0 Å². The van der Waals surface area contributed by atoms with E-state index in [2.05, 4.69) is 22.2 Å². The lowest BCUT2D eigenvalue weighted by atomic mass is 10.2. The molecule has 5 heteroatoms. The van der Waals surface area contributed by atoms with E-state index < -0.39 is 0 Å². The first-order chi connectivity index (χ1) is 9.74. The Bertz CT molecular complexity index is 383. The molecule has 20 heavy (non-hydrogen) atoms. The van der Waals surface area contributed by atoms with Gasteiger partial charge < -0.3 is 5.32 Å². The van der Waals surface area contributed by atoms with Crippen LogP contribution in [0, 0.1) is 0 Å². The van der Waals surface area contributed by atoms with Crippen LogP contribution < -0.4 is 5.32 Å². The molecule has 1 aliphatic rings. The van der Waals surface area contributed by atoms with Gasteiger partial charge in [0.1, 0.15) is 0 Å². The maximum absolute atomic E-state index is 12.0. The SMILES string of the molecule is C[C@@H](CCn1cccn1)NC(=O)CN1CCCCCC1. The molecule has 0 aromatic carbocycles. The number of hydrogen-bond donors (Lipinski definition) is 1. The van der Waals surface area contributed by atoms with Crippen molar-refractivity contribution in [2.45, 2.75) is 51.6 Å². The fourth-order valence-corrected chi connectivity index (χ4v) is 2.65. The second-order valence-electron chi connectivity index (χ2n) is 5.72. The molecule has 0 radical (unpaired) electrons. The largest absolute Gasteiger partial charge is 0.352 e. The molecular weight excluding hydrogens is 252 g/mol. The topological polar surface area (TPSA) is 50.2 Å². The van der Waals surface area contributed by atoms with Gasteiger partial charge in [-0.2, -0.15) is 5.10 Å². The van der Waals surface area contributed by atoms with Crippen molar-refractivity contribution in [2.75, 3.05) is 19.6 Å². The molecule has 1 N–H and O–H groups in total. The molecule has 0 aliphatic carbocycles. The van der Waals surface area contributed by atoms with Crippen LogP contribution in [-0.2, 0) is 11.3 Å². The Hall–Kier alpha value is -1.36. The first kappa shape index (κ1) is 15.0. The molecule has 0 spiro atoms. The van der Waals surface area contributed by atoms with E-state index >= 15 is 0 Å². The third-order valence-electron chi connectivity index (χ3n) is 3.82. The van der Waals surface area contributed by atoms with Gasteiger partial charge in [0.2, 0.25) is 5.91 Å². The molecule has 5 nitrogen and oxygen atoms in total. The summed E-state index contributed by atoms with van der Waals surface area (Å²) in [7, 11) is 0. The average Bonchev–Trinajstić information content (AvgIpc) is 2.81. The quantitative estimate of drug-likeness (QED) is 0.861. The van der Waals surface area contributed by atoms with Gasteiger partial charge in [-0.15, -0.1) is 0 Å². The molecule has 1 atom stereocenters. The summed E-state index contributed by atoms with van der Waals surface area (Å²) in [5.41, 5.74) is 0. The van der Waals surface area contributed by atoms with Crippen LogP contribution in [-0.4, -0.2) is 46.3 Å². The van der Waals surface area contributed by atoms with Gasteiger partial charge in [-0.05, 0) is 45.3 Å². The summed E-state index contributed by atoms with van der Waals surface area (Å²) in [6.45, 7) is 5.58. The normalized spacial score (nSPS) is 18.4. The summed E-state index contributed by atoms with van der Waals surface area (Å²) in [6.07, 6.45) is 9.70. The first-order valence-corrected chi connectivity index (χ1v) is 7.73. The first-order valence-electron chi connectivity index (χ1n) is 7.73. The third kappa shape index (κ3) is 5.33. The van der Waals surface area contributed by atoms with E-state index in [1.165, 1.54) is 25.7 Å². The zero-order valence-corrected chi connectivity index (χ0v) is 12.4. The van der Waals surface area contributed by atoms with Gasteiger partial charge in [0.25, 0.3) is 0 Å². The fourth-order valence-electron chi connectivity index (χ4n) is 2.65. The number of carbonyl (C=O) groups excluding carboxylic acids is 1. The van der Waals surface area contributed by atoms with Gasteiger partial charge in [-0.3, -0.25) is 14.4 Å². The minimum atomic E-state index is 0.153. The smallest absolute Gasteiger partial charge is 0.234 e. The summed E-state index contributed by atoms with van der Waals surface area (Å²) < 4.78 is 1.90. The van der Waals surface area contributed by atoms with Crippen molar-refractivity contribution in [3.63, 3.8) is 0 Å². The molecule has 0 unspecified atom stereocenters. The van der Waals surface area contributed by atoms with Gasteiger partial charge in [0.15, 0.2) is 0 Å². The molecule has 0 saturated carbocycles. The van der Waals surface area contributed by atoms with E-state index in [1.807, 2.05) is 16.9 Å². The highest BCUT2D eigenvalue weighted by molar-refractivity contribution is 5.78. The van der Waals surface area contributed by atoms with E-state index in [-0.39, 0.29) is 11.9 Å². The van der Waals surface area contributed by atoms with Crippen molar-refractivity contribution in [1.29, 1.82) is 0 Å². The Morgan fingerprint density at radius 3 is 2.70 bits per heavy atom. The summed E-state index contributed by atoms with van der Waals surface area (Å²) in [6, 6.07) is 2.11. The molecule has 2 rings (SSSR count). The van der Waals surface area contributed by atoms with E-state index in [4.69, 9.17) is 0 Å². The number of nitrogens with one attached hydrogen (secondary N) is 1. The van der Waals surface area contributed by atoms with E-state index in [1.54, 1.807) is 6.20 Å². The molecule has 0 bridgehead atoms. The summed E-state index contributed by atoms with van der Waals surface area (Å²) >= 11 is 0. The average molecular weight is 278 g/mol. The van der Waals surface area contributed by atoms with E-state index in [9.17, 15) is 4.79 Å². The van der Waals surface area contributed by atoms with Crippen molar-refractivity contribution in [3.05, 3.63) is 18.5 Å². The standard InChI is InChI=1S/C15H26N4O/c1-14(7-12-19-11-6-8-16-19)17-15(20)13-18-9-4-2-3-5-10-18/h6,8,11,14H,2-5,7,9-10,12-13H2,1H3,(H,17,20)/t14-/m0/s1. The van der Waals surface area contributed by atoms with Crippen LogP contribution in [0.3, 0.4) is 0 Å². The van der Waals surface area contributed by atoms with Crippen molar-refractivity contribution in [1.82, 2.24) is 20.0 Å². The molecule has 1 aliphatic heterocycles. The number of rotatable bonds is 6. The molecule has 112 valence electrons. The molecule has 1 saturated heterocycles. The van der Waals surface area contributed by atoms with Crippen LogP contribution >= 0.6 is 0 Å². The maximum atomic E-state index is 12.0. The van der Waals surface area contributed by atoms with Crippen molar-refractivity contribution in [2.24, 2.45) is 0 Å². The molecule has 1 fully saturated rings. The number of amides is 1. The summed E-state index contributed by atoms with van der Waals surface area (Å²) in [5.74, 6) is 0.153. The Labute approximate surface area is 121 Å². The fraction of sp³-hybridized carbons (Fsp3) is 0.733. The van der Waals surface area contributed by atoms with Gasteiger partial charge in [-0.25, -0.2) is 0 Å². The monoisotopic (exact) mass is 278 g/mol. The zero-order valence-electron chi connectivity index (χ0n) is 12.4. The number of hydrogen-bond acceptors (Lipinski definition) is 3. The van der Waals surface area contributed by atoms with Crippen LogP contribution in [0.2, 0.25) is 0 Å². The third-order valence-corrected chi connectivity index (χ3v) is 3.82. The highest BCUT2D eigenvalue weighted by atomic mass is 16.2. The van der Waals surface area contributed by atoms with E-state index in [0.717, 1.165) is 26.1 Å². The highest BCUT2D eigenvalue weighted by Crippen LogP contribution is 2.09. The molecular formula is C15H26N4O. The second kappa shape index (κ2) is 8.04. The predicted octanol–water partition coefficient (Wildman–Crippen LogP) is 1.65. The van der Waals surface area contributed by atoms with Crippen LogP contribution in [0.5, 0.6) is 0 Å². The van der Waals surface area contributed by atoms with Gasteiger partial charge in [0.05, 0.1) is 6.54 Å². The number of aromatic nitrogens is 2. The molecule has 1 aromatic rings. The van der Waals surface area contributed by atoms with Crippen LogP contribution in [0.25, 0.3) is 0 Å². The van der Waals surface area contributed by atoms with Crippen molar-refractivity contribution in [3.8, 4) is 0 Å². The van der Waals surface area contributed by atoms with Gasteiger partial charge in [-0.1, -0.05) is 12.8 Å². The highest BCUT2D eigenvalue weighted by Gasteiger charge is 2.14. The number of likely N-dealkylation sites (tertiary alicyclic amines) is 1. The second-order valence-corrected chi connectivity index (χ2v) is 5.72. The number of nitrogens with zero attached hydrogens (tertiary/aromatic N) is 3. The number of aryl methyl sites for hydroxylation is 1. The van der Waals surface area contributed by atoms with Gasteiger partial charge in [0, 0.05) is 25.0 Å². The maximum Gasteiger partial charge on any atom is 0.234 e. The Morgan fingerprint density at radius 1 is 1.30 bits per heavy atom. The predicted molar refractivity (Wildman–Crippen MR) is 79.4 cm³/mol. The van der Waals surface area contributed by atoms with Gasteiger partial charge >= 0.3 is 0 Å². The summed E-state index contributed by atoms with van der Waals surface area (Å²) in [4.78, 5) is 14.3. The Balaban J connectivity index is 1.65. The Kier molecular flexibility index (Phi) is 6.05. The van der Waals surface area contributed by atoms with Crippen LogP contribution in [0.15, 0.2) is 18.5 Å². The molecule has 1 amide bonds. The van der Waals surface area contributed by atoms with Crippen molar-refractivity contribution < 1.29 is 4.79 Å². The van der Waals surface area contributed by atoms with Crippen molar-refractivity contribution >= 4 is 5.91 Å². The minimum Gasteiger partial charge on any atom is -0.352 e. The summed E-state index contributed by atoms with van der Waals surface area (Å²) in [5, 5.41) is 7.26. The lowest BCUT2D eigenvalue weighted by Crippen LogP contribution is -2.41. The number of carbonyl (C=O) groups is 1. The zero-order chi connectivity index (χ0) is 14.2. The molecule has 2 heterocycles. The minimum absolute atomic E-state index is 0.153. The molecule has 1 aromatic heterocycles. The Morgan fingerprint density at radius 2 is 2.05 bits per heavy atom. The lowest BCUT2D eigenvalue weighted by Gasteiger charge is -2.21. The van der Waals surface area contributed by atoms with E-state index in [0.29, 0.717) is 6.54 Å². The lowest BCUT2D eigenvalue weighted by molar-refractivity contribution is -0.122. The van der Waals surface area contributed by atoms with Crippen LogP contribution in [0.1, 0.15) is 39.0 Å².